The van der Waals surface area contributed by atoms with Crippen molar-refractivity contribution >= 4 is 40.2 Å². The number of carbonyl (C=O) groups excluding carboxylic acids is 1. The maximum absolute atomic E-state index is 13.6. The molecule has 10 heteroatoms. The van der Waals surface area contributed by atoms with Gasteiger partial charge in [0.1, 0.15) is 0 Å². The molecule has 2 aromatic carbocycles. The summed E-state index contributed by atoms with van der Waals surface area (Å²) in [5, 5.41) is 4.00. The van der Waals surface area contributed by atoms with Crippen LogP contribution in [0.15, 0.2) is 46.3 Å². The zero-order valence-corrected chi connectivity index (χ0v) is 21.9. The monoisotopic (exact) mass is 519 g/mol. The Morgan fingerprint density at radius 1 is 1.14 bits per heavy atom. The van der Waals surface area contributed by atoms with Gasteiger partial charge in [0, 0.05) is 31.3 Å². The molecule has 1 aromatic heterocycles. The number of rotatable bonds is 12. The van der Waals surface area contributed by atoms with E-state index in [1.807, 2.05) is 31.2 Å². The minimum atomic E-state index is -0.418. The largest absolute Gasteiger partial charge is 0.493 e. The standard InChI is InChI=1S/C25H30ClN3O5S/c1-5-22(23(30)27-11-13-32-2)35-25-28-19-15-21(34-4)20(33-3)14-18(19)24(31)29(25)12-10-16-6-8-17(26)9-7-16/h6-9,14-15,22H,5,10-13H2,1-4H3,(H,27,30)/t22-/m0/s1. The van der Waals surface area contributed by atoms with Crippen LogP contribution in [0.3, 0.4) is 0 Å². The number of carbonyl (C=O) groups is 1. The fourth-order valence-electron chi connectivity index (χ4n) is 3.55. The molecule has 1 atom stereocenters. The summed E-state index contributed by atoms with van der Waals surface area (Å²) in [5.74, 6) is 0.805. The Labute approximate surface area is 213 Å². The highest BCUT2D eigenvalue weighted by molar-refractivity contribution is 8.00. The van der Waals surface area contributed by atoms with E-state index in [0.29, 0.717) is 65.1 Å². The van der Waals surface area contributed by atoms with Gasteiger partial charge in [-0.1, -0.05) is 42.4 Å². The van der Waals surface area contributed by atoms with Crippen LogP contribution in [0.2, 0.25) is 5.02 Å². The lowest BCUT2D eigenvalue weighted by atomic mass is 10.1. The third kappa shape index (κ3) is 6.68. The number of benzene rings is 2. The highest BCUT2D eigenvalue weighted by atomic mass is 35.5. The van der Waals surface area contributed by atoms with Gasteiger partial charge in [-0.25, -0.2) is 4.98 Å². The van der Waals surface area contributed by atoms with Crippen LogP contribution in [0.25, 0.3) is 10.9 Å². The normalized spacial score (nSPS) is 11.9. The number of hydrogen-bond donors (Lipinski definition) is 1. The van der Waals surface area contributed by atoms with Crippen molar-refractivity contribution in [3.8, 4) is 11.5 Å². The van der Waals surface area contributed by atoms with Crippen molar-refractivity contribution in [3.05, 3.63) is 57.3 Å². The van der Waals surface area contributed by atoms with E-state index in [0.717, 1.165) is 5.56 Å². The molecule has 1 heterocycles. The topological polar surface area (TPSA) is 91.7 Å². The number of methoxy groups -OCH3 is 3. The predicted molar refractivity (Wildman–Crippen MR) is 139 cm³/mol. The lowest BCUT2D eigenvalue weighted by molar-refractivity contribution is -0.120. The van der Waals surface area contributed by atoms with E-state index in [2.05, 4.69) is 5.32 Å². The molecule has 0 aliphatic rings. The van der Waals surface area contributed by atoms with E-state index >= 15 is 0 Å². The molecule has 0 aliphatic carbocycles. The lowest BCUT2D eigenvalue weighted by Gasteiger charge is -2.18. The second kappa shape index (κ2) is 12.8. The third-order valence-corrected chi connectivity index (χ3v) is 7.08. The Balaban J connectivity index is 2.03. The summed E-state index contributed by atoms with van der Waals surface area (Å²) in [5.41, 5.74) is 1.31. The van der Waals surface area contributed by atoms with Gasteiger partial charge in [0.25, 0.3) is 5.56 Å². The van der Waals surface area contributed by atoms with Gasteiger partial charge in [-0.2, -0.15) is 0 Å². The van der Waals surface area contributed by atoms with Crippen LogP contribution in [-0.2, 0) is 22.5 Å². The van der Waals surface area contributed by atoms with Crippen molar-refractivity contribution < 1.29 is 19.0 Å². The molecule has 0 bridgehead atoms. The number of nitrogens with zero attached hydrogens (tertiary/aromatic N) is 2. The van der Waals surface area contributed by atoms with Gasteiger partial charge >= 0.3 is 0 Å². The average Bonchev–Trinajstić information content (AvgIpc) is 2.87. The molecule has 0 saturated heterocycles. The number of hydrogen-bond acceptors (Lipinski definition) is 7. The summed E-state index contributed by atoms with van der Waals surface area (Å²) in [6, 6.07) is 10.8. The number of fused-ring (bicyclic) bond motifs is 1. The summed E-state index contributed by atoms with van der Waals surface area (Å²) >= 11 is 7.29. The molecule has 188 valence electrons. The molecule has 0 radical (unpaired) electrons. The number of ether oxygens (including phenoxy) is 3. The van der Waals surface area contributed by atoms with E-state index in [9.17, 15) is 9.59 Å². The van der Waals surface area contributed by atoms with Crippen LogP contribution >= 0.6 is 23.4 Å². The number of aromatic nitrogens is 2. The van der Waals surface area contributed by atoms with E-state index in [1.165, 1.54) is 26.0 Å². The summed E-state index contributed by atoms with van der Waals surface area (Å²) < 4.78 is 17.4. The summed E-state index contributed by atoms with van der Waals surface area (Å²) in [7, 11) is 4.64. The Bertz CT molecular complexity index is 1220. The number of aryl methyl sites for hydroxylation is 1. The molecule has 35 heavy (non-hydrogen) atoms. The SMILES string of the molecule is CC[C@H](Sc1nc2cc(OC)c(OC)cc2c(=O)n1CCc1ccc(Cl)cc1)C(=O)NCCOC. The first-order valence-corrected chi connectivity index (χ1v) is 12.5. The maximum Gasteiger partial charge on any atom is 0.262 e. The van der Waals surface area contributed by atoms with Crippen LogP contribution in [0.5, 0.6) is 11.5 Å². The van der Waals surface area contributed by atoms with Crippen LogP contribution in [0.4, 0.5) is 0 Å². The first-order chi connectivity index (χ1) is 16.9. The van der Waals surface area contributed by atoms with Crippen molar-refractivity contribution in [3.63, 3.8) is 0 Å². The molecule has 0 saturated carbocycles. The number of nitrogens with one attached hydrogen (secondary N) is 1. The van der Waals surface area contributed by atoms with Gasteiger partial charge in [0.15, 0.2) is 16.7 Å². The zero-order valence-electron chi connectivity index (χ0n) is 20.3. The lowest BCUT2D eigenvalue weighted by Crippen LogP contribution is -2.35. The molecule has 1 N–H and O–H groups in total. The Kier molecular flexibility index (Phi) is 9.83. The minimum absolute atomic E-state index is 0.125. The summed E-state index contributed by atoms with van der Waals surface area (Å²) in [6.07, 6.45) is 1.17. The fraction of sp³-hybridized carbons (Fsp3) is 0.400. The highest BCUT2D eigenvalue weighted by Crippen LogP contribution is 2.32. The maximum atomic E-state index is 13.6. The van der Waals surface area contributed by atoms with Crippen LogP contribution < -0.4 is 20.3 Å². The molecular weight excluding hydrogens is 490 g/mol. The molecule has 3 aromatic rings. The molecule has 0 unspecified atom stereocenters. The molecule has 0 aliphatic heterocycles. The van der Waals surface area contributed by atoms with Crippen molar-refractivity contribution in [1.82, 2.24) is 14.9 Å². The molecule has 0 spiro atoms. The average molecular weight is 520 g/mol. The number of amides is 1. The predicted octanol–water partition coefficient (Wildman–Crippen LogP) is 3.94. The van der Waals surface area contributed by atoms with Crippen LogP contribution in [-0.4, -0.2) is 55.2 Å². The first kappa shape index (κ1) is 26.8. The van der Waals surface area contributed by atoms with Gasteiger partial charge in [-0.3, -0.25) is 14.2 Å². The molecule has 0 fully saturated rings. The van der Waals surface area contributed by atoms with Crippen molar-refractivity contribution in [2.45, 2.75) is 36.7 Å². The zero-order chi connectivity index (χ0) is 25.4. The highest BCUT2D eigenvalue weighted by Gasteiger charge is 2.22. The third-order valence-electron chi connectivity index (χ3n) is 5.48. The van der Waals surface area contributed by atoms with Crippen LogP contribution in [0.1, 0.15) is 18.9 Å². The van der Waals surface area contributed by atoms with E-state index < -0.39 is 5.25 Å². The number of thioether (sulfide) groups is 1. The van der Waals surface area contributed by atoms with Gasteiger partial charge in [-0.05, 0) is 36.6 Å². The fourth-order valence-corrected chi connectivity index (χ4v) is 4.74. The Morgan fingerprint density at radius 2 is 1.83 bits per heavy atom. The molecular formula is C25H30ClN3O5S. The Morgan fingerprint density at radius 3 is 2.46 bits per heavy atom. The van der Waals surface area contributed by atoms with Gasteiger partial charge in [0.05, 0.1) is 37.0 Å². The minimum Gasteiger partial charge on any atom is -0.493 e. The Hall–Kier alpha value is -2.75. The van der Waals surface area contributed by atoms with E-state index in [1.54, 1.807) is 23.8 Å². The van der Waals surface area contributed by atoms with E-state index in [-0.39, 0.29) is 11.5 Å². The smallest absolute Gasteiger partial charge is 0.262 e. The second-order valence-electron chi connectivity index (χ2n) is 7.75. The quantitative estimate of drug-likeness (QED) is 0.220. The summed E-state index contributed by atoms with van der Waals surface area (Å²) in [6.45, 7) is 3.16. The van der Waals surface area contributed by atoms with Crippen molar-refractivity contribution in [1.29, 1.82) is 0 Å². The van der Waals surface area contributed by atoms with Crippen molar-refractivity contribution in [2.24, 2.45) is 0 Å². The van der Waals surface area contributed by atoms with Gasteiger partial charge in [-0.15, -0.1) is 0 Å². The van der Waals surface area contributed by atoms with Crippen LogP contribution in [0, 0.1) is 0 Å². The summed E-state index contributed by atoms with van der Waals surface area (Å²) in [4.78, 5) is 31.2. The molecule has 8 nitrogen and oxygen atoms in total. The van der Waals surface area contributed by atoms with Gasteiger partial charge < -0.3 is 19.5 Å². The molecule has 1 amide bonds. The van der Waals surface area contributed by atoms with E-state index in [4.69, 9.17) is 30.8 Å². The molecule has 3 rings (SSSR count). The second-order valence-corrected chi connectivity index (χ2v) is 9.36. The first-order valence-electron chi connectivity index (χ1n) is 11.3. The van der Waals surface area contributed by atoms with Gasteiger partial charge in [0.2, 0.25) is 5.91 Å². The van der Waals surface area contributed by atoms with Crippen molar-refractivity contribution in [2.75, 3.05) is 34.5 Å². The number of halogens is 1.